The molecule has 0 saturated heterocycles. The van der Waals surface area contributed by atoms with Gasteiger partial charge in [0.1, 0.15) is 0 Å². The van der Waals surface area contributed by atoms with E-state index >= 15 is 0 Å². The standard InChI is InChI=1S/C15H11BrN4O3/c16-12-5-11(8-18-9-12)15(21)19-4-3-17-7-10-6-13(20(22)23)1-2-14(10)19/h1-2,5-9H,3-4H2. The minimum Gasteiger partial charge on any atom is -0.306 e. The number of fused-ring (bicyclic) bond motifs is 1. The summed E-state index contributed by atoms with van der Waals surface area (Å²) in [6.07, 6.45) is 4.65. The monoisotopic (exact) mass is 374 g/mol. The van der Waals surface area contributed by atoms with Crippen molar-refractivity contribution in [3.63, 3.8) is 0 Å². The summed E-state index contributed by atoms with van der Waals surface area (Å²) in [6.45, 7) is 0.822. The molecule has 8 heteroatoms. The average molecular weight is 375 g/mol. The highest BCUT2D eigenvalue weighted by molar-refractivity contribution is 9.10. The average Bonchev–Trinajstić information content (AvgIpc) is 2.75. The van der Waals surface area contributed by atoms with Gasteiger partial charge in [-0.2, -0.15) is 0 Å². The summed E-state index contributed by atoms with van der Waals surface area (Å²) >= 11 is 3.29. The highest BCUT2D eigenvalue weighted by Crippen LogP contribution is 2.27. The molecule has 1 aromatic carbocycles. The molecule has 1 amide bonds. The number of carbonyl (C=O) groups excluding carboxylic acids is 1. The molecular formula is C15H11BrN4O3. The van der Waals surface area contributed by atoms with Gasteiger partial charge in [0.15, 0.2) is 0 Å². The third-order valence-electron chi connectivity index (χ3n) is 3.39. The summed E-state index contributed by atoms with van der Waals surface area (Å²) < 4.78 is 0.707. The van der Waals surface area contributed by atoms with E-state index in [-0.39, 0.29) is 11.6 Å². The summed E-state index contributed by atoms with van der Waals surface area (Å²) in [7, 11) is 0. The van der Waals surface area contributed by atoms with Crippen molar-refractivity contribution in [2.45, 2.75) is 0 Å². The van der Waals surface area contributed by atoms with Gasteiger partial charge in [-0.3, -0.25) is 24.9 Å². The van der Waals surface area contributed by atoms with Crippen LogP contribution in [0.3, 0.4) is 0 Å². The molecule has 1 aromatic heterocycles. The van der Waals surface area contributed by atoms with Crippen molar-refractivity contribution in [2.24, 2.45) is 4.99 Å². The largest absolute Gasteiger partial charge is 0.306 e. The smallest absolute Gasteiger partial charge is 0.270 e. The first-order chi connectivity index (χ1) is 11.1. The molecule has 2 heterocycles. The first kappa shape index (κ1) is 15.3. The number of halogens is 1. The molecule has 7 nitrogen and oxygen atoms in total. The molecule has 2 aromatic rings. The molecule has 116 valence electrons. The second-order valence-electron chi connectivity index (χ2n) is 4.88. The first-order valence-corrected chi connectivity index (χ1v) is 7.56. The quantitative estimate of drug-likeness (QED) is 0.597. The molecule has 0 unspecified atom stereocenters. The maximum atomic E-state index is 12.8. The lowest BCUT2D eigenvalue weighted by Crippen LogP contribution is -2.33. The van der Waals surface area contributed by atoms with Crippen LogP contribution in [-0.4, -0.2) is 35.1 Å². The van der Waals surface area contributed by atoms with Crippen LogP contribution >= 0.6 is 15.9 Å². The number of hydrogen-bond donors (Lipinski definition) is 0. The second-order valence-corrected chi connectivity index (χ2v) is 5.80. The van der Waals surface area contributed by atoms with Gasteiger partial charge in [-0.15, -0.1) is 0 Å². The molecule has 23 heavy (non-hydrogen) atoms. The number of nitrogens with zero attached hydrogens (tertiary/aromatic N) is 4. The number of hydrogen-bond acceptors (Lipinski definition) is 5. The Hall–Kier alpha value is -2.61. The van der Waals surface area contributed by atoms with E-state index < -0.39 is 4.92 Å². The molecule has 3 rings (SSSR count). The normalized spacial score (nSPS) is 13.3. The Balaban J connectivity index is 2.02. The van der Waals surface area contributed by atoms with E-state index in [9.17, 15) is 14.9 Å². The Kier molecular flexibility index (Phi) is 4.16. The summed E-state index contributed by atoms with van der Waals surface area (Å²) in [5.41, 5.74) is 1.55. The predicted octanol–water partition coefficient (Wildman–Crippen LogP) is 2.83. The van der Waals surface area contributed by atoms with Gasteiger partial charge in [-0.1, -0.05) is 0 Å². The van der Waals surface area contributed by atoms with Crippen molar-refractivity contribution in [3.8, 4) is 0 Å². The first-order valence-electron chi connectivity index (χ1n) is 6.77. The van der Waals surface area contributed by atoms with Gasteiger partial charge in [0.25, 0.3) is 11.6 Å². The van der Waals surface area contributed by atoms with Crippen molar-refractivity contribution < 1.29 is 9.72 Å². The number of carbonyl (C=O) groups is 1. The Bertz CT molecular complexity index is 822. The zero-order valence-corrected chi connectivity index (χ0v) is 13.4. The molecule has 0 saturated carbocycles. The van der Waals surface area contributed by atoms with E-state index in [1.807, 2.05) is 0 Å². The Morgan fingerprint density at radius 1 is 1.30 bits per heavy atom. The maximum Gasteiger partial charge on any atom is 0.270 e. The fourth-order valence-corrected chi connectivity index (χ4v) is 2.71. The Morgan fingerprint density at radius 2 is 2.13 bits per heavy atom. The molecule has 0 atom stereocenters. The molecule has 1 aliphatic rings. The predicted molar refractivity (Wildman–Crippen MR) is 89.2 cm³/mol. The van der Waals surface area contributed by atoms with Gasteiger partial charge in [0.2, 0.25) is 0 Å². The minimum atomic E-state index is -0.469. The molecule has 0 fully saturated rings. The van der Waals surface area contributed by atoms with Gasteiger partial charge in [-0.05, 0) is 28.1 Å². The number of aromatic nitrogens is 1. The van der Waals surface area contributed by atoms with Crippen LogP contribution in [0.5, 0.6) is 0 Å². The van der Waals surface area contributed by atoms with Crippen molar-refractivity contribution in [2.75, 3.05) is 18.0 Å². The molecule has 1 aliphatic heterocycles. The van der Waals surface area contributed by atoms with E-state index in [0.717, 1.165) is 0 Å². The van der Waals surface area contributed by atoms with Crippen LogP contribution in [0, 0.1) is 10.1 Å². The zero-order chi connectivity index (χ0) is 16.4. The second kappa shape index (κ2) is 6.25. The van der Waals surface area contributed by atoms with Gasteiger partial charge in [-0.25, -0.2) is 0 Å². The molecule has 0 bridgehead atoms. The highest BCUT2D eigenvalue weighted by atomic mass is 79.9. The zero-order valence-electron chi connectivity index (χ0n) is 11.8. The minimum absolute atomic E-state index is 0.0337. The molecule has 0 aliphatic carbocycles. The highest BCUT2D eigenvalue weighted by Gasteiger charge is 2.23. The fraction of sp³-hybridized carbons (Fsp3) is 0.133. The van der Waals surface area contributed by atoms with Crippen molar-refractivity contribution >= 4 is 39.4 Å². The van der Waals surface area contributed by atoms with Gasteiger partial charge < -0.3 is 4.90 Å². The van der Waals surface area contributed by atoms with Crippen molar-refractivity contribution in [3.05, 3.63) is 62.4 Å². The van der Waals surface area contributed by atoms with E-state index in [1.54, 1.807) is 29.4 Å². The van der Waals surface area contributed by atoms with E-state index in [1.165, 1.54) is 18.3 Å². The van der Waals surface area contributed by atoms with Crippen LogP contribution in [0.15, 0.2) is 46.1 Å². The SMILES string of the molecule is O=C(c1cncc(Br)c1)N1CCN=Cc2cc([N+](=O)[O-])ccc21. The van der Waals surface area contributed by atoms with E-state index in [4.69, 9.17) is 0 Å². The van der Waals surface area contributed by atoms with Crippen LogP contribution in [-0.2, 0) is 0 Å². The Morgan fingerprint density at radius 3 is 2.87 bits per heavy atom. The molecule has 0 radical (unpaired) electrons. The van der Waals surface area contributed by atoms with Crippen LogP contribution in [0.25, 0.3) is 0 Å². The third kappa shape index (κ3) is 3.11. The summed E-state index contributed by atoms with van der Waals surface area (Å²) in [5, 5.41) is 10.9. The number of nitro benzene ring substituents is 1. The number of benzene rings is 1. The van der Waals surface area contributed by atoms with Gasteiger partial charge >= 0.3 is 0 Å². The van der Waals surface area contributed by atoms with Crippen LogP contribution < -0.4 is 4.90 Å². The summed E-state index contributed by atoms with van der Waals surface area (Å²) in [5.74, 6) is -0.223. The molecular weight excluding hydrogens is 364 g/mol. The van der Waals surface area contributed by atoms with Crippen LogP contribution in [0.1, 0.15) is 15.9 Å². The number of benzodiazepines with no additional fused rings is 1. The van der Waals surface area contributed by atoms with Crippen LogP contribution in [0.4, 0.5) is 11.4 Å². The van der Waals surface area contributed by atoms with Crippen molar-refractivity contribution in [1.29, 1.82) is 0 Å². The number of anilines is 1. The number of non-ortho nitro benzene ring substituents is 1. The molecule has 0 N–H and O–H groups in total. The fourth-order valence-electron chi connectivity index (χ4n) is 2.34. The lowest BCUT2D eigenvalue weighted by atomic mass is 10.1. The number of pyridine rings is 1. The summed E-state index contributed by atoms with van der Waals surface area (Å²) in [6, 6.07) is 6.07. The molecule has 0 spiro atoms. The van der Waals surface area contributed by atoms with Gasteiger partial charge in [0.05, 0.1) is 22.7 Å². The van der Waals surface area contributed by atoms with E-state index in [0.29, 0.717) is 34.4 Å². The van der Waals surface area contributed by atoms with E-state index in [2.05, 4.69) is 25.9 Å². The number of aliphatic imine (C=N–C) groups is 1. The number of nitro groups is 1. The maximum absolute atomic E-state index is 12.8. The van der Waals surface area contributed by atoms with Gasteiger partial charge in [0, 0.05) is 47.3 Å². The summed E-state index contributed by atoms with van der Waals surface area (Å²) in [4.78, 5) is 33.0. The van der Waals surface area contributed by atoms with Crippen LogP contribution in [0.2, 0.25) is 0 Å². The topological polar surface area (TPSA) is 88.7 Å². The lowest BCUT2D eigenvalue weighted by molar-refractivity contribution is -0.384. The third-order valence-corrected chi connectivity index (χ3v) is 3.83. The number of amides is 1. The number of rotatable bonds is 2. The Labute approximate surface area is 139 Å². The lowest BCUT2D eigenvalue weighted by Gasteiger charge is -2.22. The van der Waals surface area contributed by atoms with Crippen molar-refractivity contribution in [1.82, 2.24) is 4.98 Å².